The van der Waals surface area contributed by atoms with Crippen LogP contribution in [-0.2, 0) is 4.79 Å². The van der Waals surface area contributed by atoms with Crippen LogP contribution >= 0.6 is 0 Å². The van der Waals surface area contributed by atoms with Gasteiger partial charge in [0.2, 0.25) is 5.91 Å². The molecular formula is C15H22N2O2. The van der Waals surface area contributed by atoms with E-state index in [-0.39, 0.29) is 18.1 Å². The fraction of sp³-hybridized carbons (Fsp3) is 0.533. The normalized spacial score (nSPS) is 22.7. The van der Waals surface area contributed by atoms with Gasteiger partial charge in [-0.05, 0) is 39.3 Å². The van der Waals surface area contributed by atoms with Crippen molar-refractivity contribution in [3.63, 3.8) is 0 Å². The molecule has 0 spiro atoms. The monoisotopic (exact) mass is 262 g/mol. The molecule has 104 valence electrons. The van der Waals surface area contributed by atoms with Crippen LogP contribution < -0.4 is 10.2 Å². The molecule has 1 aliphatic heterocycles. The van der Waals surface area contributed by atoms with Crippen LogP contribution in [0.15, 0.2) is 18.2 Å². The van der Waals surface area contributed by atoms with Crippen LogP contribution in [0.5, 0.6) is 0 Å². The summed E-state index contributed by atoms with van der Waals surface area (Å²) >= 11 is 0. The van der Waals surface area contributed by atoms with Crippen molar-refractivity contribution in [2.24, 2.45) is 0 Å². The second kappa shape index (κ2) is 4.94. The van der Waals surface area contributed by atoms with E-state index in [1.54, 1.807) is 4.90 Å². The van der Waals surface area contributed by atoms with Crippen LogP contribution in [0.4, 0.5) is 5.69 Å². The minimum Gasteiger partial charge on any atom is -0.394 e. The minimum atomic E-state index is -0.524. The third-order valence-electron chi connectivity index (χ3n) is 3.51. The van der Waals surface area contributed by atoms with E-state index in [0.29, 0.717) is 6.54 Å². The third kappa shape index (κ3) is 2.80. The molecule has 0 aromatic heterocycles. The zero-order chi connectivity index (χ0) is 14.2. The van der Waals surface area contributed by atoms with Gasteiger partial charge >= 0.3 is 0 Å². The van der Waals surface area contributed by atoms with Gasteiger partial charge in [0.25, 0.3) is 0 Å². The largest absolute Gasteiger partial charge is 0.394 e. The van der Waals surface area contributed by atoms with Gasteiger partial charge in [-0.25, -0.2) is 0 Å². The summed E-state index contributed by atoms with van der Waals surface area (Å²) in [5, 5.41) is 12.5. The number of hydrogen-bond donors (Lipinski definition) is 2. The van der Waals surface area contributed by atoms with Crippen molar-refractivity contribution in [1.29, 1.82) is 0 Å². The molecule has 1 aliphatic rings. The zero-order valence-electron chi connectivity index (χ0n) is 12.0. The summed E-state index contributed by atoms with van der Waals surface area (Å²) in [5.74, 6) is -0.0613. The quantitative estimate of drug-likeness (QED) is 0.846. The number of nitrogens with one attached hydrogen (secondary N) is 1. The summed E-state index contributed by atoms with van der Waals surface area (Å²) < 4.78 is 0. The molecule has 1 aromatic carbocycles. The molecule has 2 rings (SSSR count). The van der Waals surface area contributed by atoms with Crippen molar-refractivity contribution in [2.75, 3.05) is 18.1 Å². The molecule has 4 nitrogen and oxygen atoms in total. The molecule has 1 fully saturated rings. The fourth-order valence-electron chi connectivity index (χ4n) is 2.68. The molecule has 2 N–H and O–H groups in total. The lowest BCUT2D eigenvalue weighted by molar-refractivity contribution is -0.124. The maximum atomic E-state index is 12.4. The first-order valence-corrected chi connectivity index (χ1v) is 6.61. The second-order valence-electron chi connectivity index (χ2n) is 5.98. The molecule has 0 saturated carbocycles. The Kier molecular flexibility index (Phi) is 3.65. The number of carbonyl (C=O) groups excluding carboxylic acids is 1. The van der Waals surface area contributed by atoms with Crippen molar-refractivity contribution in [2.45, 2.75) is 39.3 Å². The summed E-state index contributed by atoms with van der Waals surface area (Å²) in [5.41, 5.74) is 2.99. The lowest BCUT2D eigenvalue weighted by Crippen LogP contribution is -2.66. The number of amides is 1. The molecule has 4 heteroatoms. The maximum absolute atomic E-state index is 12.4. The average Bonchev–Trinajstić information content (AvgIpc) is 2.32. The summed E-state index contributed by atoms with van der Waals surface area (Å²) in [7, 11) is 0. The van der Waals surface area contributed by atoms with Crippen molar-refractivity contribution in [1.82, 2.24) is 5.32 Å². The highest BCUT2D eigenvalue weighted by Crippen LogP contribution is 2.26. The van der Waals surface area contributed by atoms with Gasteiger partial charge in [-0.15, -0.1) is 0 Å². The Hall–Kier alpha value is -1.39. The molecule has 0 radical (unpaired) electrons. The first-order valence-electron chi connectivity index (χ1n) is 6.61. The smallest absolute Gasteiger partial charge is 0.246 e. The Morgan fingerprint density at radius 2 is 2.11 bits per heavy atom. The lowest BCUT2D eigenvalue weighted by atomic mass is 9.96. The molecular weight excluding hydrogens is 240 g/mol. The van der Waals surface area contributed by atoms with Crippen LogP contribution in [-0.4, -0.2) is 35.7 Å². The van der Waals surface area contributed by atoms with Crippen molar-refractivity contribution in [3.8, 4) is 0 Å². The summed E-state index contributed by atoms with van der Waals surface area (Å²) in [6.45, 7) is 8.56. The van der Waals surface area contributed by atoms with Gasteiger partial charge in [0, 0.05) is 17.8 Å². The number of hydrogen-bond acceptors (Lipinski definition) is 3. The first-order chi connectivity index (χ1) is 8.84. The average molecular weight is 262 g/mol. The molecule has 1 aromatic rings. The van der Waals surface area contributed by atoms with Crippen molar-refractivity contribution < 1.29 is 9.90 Å². The van der Waals surface area contributed by atoms with Gasteiger partial charge in [0.05, 0.1) is 6.61 Å². The summed E-state index contributed by atoms with van der Waals surface area (Å²) in [6, 6.07) is 5.55. The number of nitrogens with zero attached hydrogens (tertiary/aromatic N) is 1. The van der Waals surface area contributed by atoms with E-state index in [0.717, 1.165) is 11.3 Å². The van der Waals surface area contributed by atoms with Gasteiger partial charge in [-0.3, -0.25) is 10.1 Å². The molecule has 19 heavy (non-hydrogen) atoms. The van der Waals surface area contributed by atoms with Crippen molar-refractivity contribution in [3.05, 3.63) is 29.3 Å². The van der Waals surface area contributed by atoms with E-state index in [4.69, 9.17) is 0 Å². The van der Waals surface area contributed by atoms with Crippen molar-refractivity contribution >= 4 is 11.6 Å². The van der Waals surface area contributed by atoms with Crippen LogP contribution in [0.1, 0.15) is 25.0 Å². The number of aryl methyl sites for hydroxylation is 2. The van der Waals surface area contributed by atoms with E-state index in [9.17, 15) is 9.90 Å². The number of rotatable bonds is 2. The van der Waals surface area contributed by atoms with Crippen LogP contribution in [0.2, 0.25) is 0 Å². The summed E-state index contributed by atoms with van der Waals surface area (Å²) in [4.78, 5) is 14.2. The number of aliphatic hydroxyl groups is 1. The van der Waals surface area contributed by atoms with E-state index < -0.39 is 6.04 Å². The van der Waals surface area contributed by atoms with E-state index in [1.165, 1.54) is 5.56 Å². The van der Waals surface area contributed by atoms with Gasteiger partial charge in [-0.2, -0.15) is 0 Å². The molecule has 1 unspecified atom stereocenters. The van der Waals surface area contributed by atoms with Gasteiger partial charge in [0.15, 0.2) is 0 Å². The third-order valence-corrected chi connectivity index (χ3v) is 3.51. The number of anilines is 1. The Balaban J connectivity index is 2.38. The van der Waals surface area contributed by atoms with E-state index in [2.05, 4.69) is 11.4 Å². The summed E-state index contributed by atoms with van der Waals surface area (Å²) in [6.07, 6.45) is 0. The van der Waals surface area contributed by atoms with Gasteiger partial charge in [0.1, 0.15) is 6.04 Å². The highest BCUT2D eigenvalue weighted by Gasteiger charge is 2.38. The van der Waals surface area contributed by atoms with Crippen LogP contribution in [0.3, 0.4) is 0 Å². The Morgan fingerprint density at radius 1 is 1.42 bits per heavy atom. The predicted molar refractivity (Wildman–Crippen MR) is 76.4 cm³/mol. The second-order valence-corrected chi connectivity index (χ2v) is 5.98. The molecule has 0 bridgehead atoms. The Bertz CT molecular complexity index is 497. The lowest BCUT2D eigenvalue weighted by Gasteiger charge is -2.43. The predicted octanol–water partition coefficient (Wildman–Crippen LogP) is 1.38. The van der Waals surface area contributed by atoms with E-state index >= 15 is 0 Å². The molecule has 1 saturated heterocycles. The maximum Gasteiger partial charge on any atom is 0.246 e. The first kappa shape index (κ1) is 14.0. The molecule has 1 atom stereocenters. The molecule has 1 amide bonds. The standard InChI is InChI=1S/C15H22N2O2/c1-10-5-6-13(11(2)7-10)17-9-15(3,4)16-12(8-18)14(17)19/h5-7,12,16,18H,8-9H2,1-4H3. The zero-order valence-corrected chi connectivity index (χ0v) is 12.0. The van der Waals surface area contributed by atoms with Gasteiger partial charge in [-0.1, -0.05) is 17.7 Å². The number of benzene rings is 1. The van der Waals surface area contributed by atoms with Crippen LogP contribution in [0, 0.1) is 13.8 Å². The Morgan fingerprint density at radius 3 is 2.68 bits per heavy atom. The molecule has 0 aliphatic carbocycles. The van der Waals surface area contributed by atoms with Gasteiger partial charge < -0.3 is 10.0 Å². The number of piperazine rings is 1. The fourth-order valence-corrected chi connectivity index (χ4v) is 2.68. The number of carbonyl (C=O) groups is 1. The van der Waals surface area contributed by atoms with Crippen LogP contribution in [0.25, 0.3) is 0 Å². The van der Waals surface area contributed by atoms with E-state index in [1.807, 2.05) is 39.8 Å². The highest BCUT2D eigenvalue weighted by atomic mass is 16.3. The molecule has 1 heterocycles. The minimum absolute atomic E-state index is 0.0613. The Labute approximate surface area is 114 Å². The topological polar surface area (TPSA) is 52.6 Å². The highest BCUT2D eigenvalue weighted by molar-refractivity contribution is 5.99. The SMILES string of the molecule is Cc1ccc(N2CC(C)(C)NC(CO)C2=O)c(C)c1. The number of aliphatic hydroxyl groups excluding tert-OH is 1.